The summed E-state index contributed by atoms with van der Waals surface area (Å²) in [5, 5.41) is 0. The zero-order valence-corrected chi connectivity index (χ0v) is 9.91. The predicted molar refractivity (Wildman–Crippen MR) is 68.8 cm³/mol. The minimum absolute atomic E-state index is 0.273. The molecule has 88 valence electrons. The quantitative estimate of drug-likeness (QED) is 0.550. The minimum Gasteiger partial charge on any atom is -0.279 e. The highest BCUT2D eigenvalue weighted by Crippen LogP contribution is 2.05. The molecule has 1 nitrogen and oxygen atoms in total. The molecule has 2 heteroatoms. The van der Waals surface area contributed by atoms with E-state index in [4.69, 9.17) is 0 Å². The molecule has 0 aliphatic heterocycles. The first-order valence-corrected chi connectivity index (χ1v) is 5.54. The molecule has 0 heterocycles. The number of hydrogen-bond donors (Lipinski definition) is 0. The smallest absolute Gasteiger partial charge is 0.236 e. The molecule has 2 rings (SSSR count). The van der Waals surface area contributed by atoms with Crippen molar-refractivity contribution in [1.29, 1.82) is 0 Å². The van der Waals surface area contributed by atoms with E-state index in [0.29, 0.717) is 0 Å². The molecule has 0 bridgehead atoms. The second-order valence-corrected chi connectivity index (χ2v) is 3.96. The highest BCUT2D eigenvalue weighted by atomic mass is 19.1. The summed E-state index contributed by atoms with van der Waals surface area (Å²) in [5.74, 6) is 4.46. The predicted octanol–water partition coefficient (Wildman–Crippen LogP) is 3.37. The molecule has 0 amide bonds. The summed E-state index contributed by atoms with van der Waals surface area (Å²) in [5.41, 5.74) is 2.18. The third kappa shape index (κ3) is 3.05. The fraction of sp³-hybridized carbons (Fsp3) is 0.0625. The first-order valence-electron chi connectivity index (χ1n) is 5.54. The van der Waals surface area contributed by atoms with Crippen molar-refractivity contribution in [1.82, 2.24) is 0 Å². The van der Waals surface area contributed by atoms with Crippen LogP contribution >= 0.6 is 0 Å². The van der Waals surface area contributed by atoms with Gasteiger partial charge in [0.05, 0.1) is 0 Å². The third-order valence-corrected chi connectivity index (χ3v) is 2.46. The van der Waals surface area contributed by atoms with Gasteiger partial charge in [-0.2, -0.15) is 0 Å². The summed E-state index contributed by atoms with van der Waals surface area (Å²) in [6.45, 7) is 1.98. The maximum Gasteiger partial charge on any atom is 0.236 e. The van der Waals surface area contributed by atoms with Gasteiger partial charge in [-0.25, -0.2) is 4.39 Å². The van der Waals surface area contributed by atoms with Crippen LogP contribution in [0.5, 0.6) is 0 Å². The van der Waals surface area contributed by atoms with Crippen LogP contribution in [0.15, 0.2) is 48.5 Å². The Morgan fingerprint density at radius 3 is 2.50 bits per heavy atom. The van der Waals surface area contributed by atoms with E-state index in [-0.39, 0.29) is 11.3 Å². The fourth-order valence-corrected chi connectivity index (χ4v) is 1.47. The maximum atomic E-state index is 12.9. The van der Waals surface area contributed by atoms with E-state index in [0.717, 1.165) is 11.1 Å². The second kappa shape index (κ2) is 5.29. The lowest BCUT2D eigenvalue weighted by Crippen LogP contribution is -1.95. The Kier molecular flexibility index (Phi) is 3.54. The molecule has 0 N–H and O–H groups in total. The standard InChI is InChI=1S/C16H11FO/c1-12-5-7-13(8-6-12)9-10-16(18)14-3-2-4-15(17)11-14/h2-8,11H,1H3. The summed E-state index contributed by atoms with van der Waals surface area (Å²) < 4.78 is 12.9. The molecule has 2 aromatic carbocycles. The van der Waals surface area contributed by atoms with Crippen LogP contribution in [0.1, 0.15) is 21.5 Å². The Morgan fingerprint density at radius 1 is 1.11 bits per heavy atom. The second-order valence-electron chi connectivity index (χ2n) is 3.96. The van der Waals surface area contributed by atoms with Crippen LogP contribution in [-0.4, -0.2) is 5.78 Å². The van der Waals surface area contributed by atoms with Gasteiger partial charge in [-0.1, -0.05) is 35.7 Å². The van der Waals surface area contributed by atoms with Crippen molar-refractivity contribution in [2.45, 2.75) is 6.92 Å². The molecule has 0 saturated carbocycles. The van der Waals surface area contributed by atoms with Crippen LogP contribution in [0, 0.1) is 24.6 Å². The number of rotatable bonds is 1. The highest BCUT2D eigenvalue weighted by molar-refractivity contribution is 6.09. The summed E-state index contributed by atoms with van der Waals surface area (Å²) in [6, 6.07) is 13.1. The van der Waals surface area contributed by atoms with Crippen molar-refractivity contribution in [3.63, 3.8) is 0 Å². The molecule has 0 radical (unpaired) electrons. The van der Waals surface area contributed by atoms with Crippen molar-refractivity contribution >= 4 is 5.78 Å². The van der Waals surface area contributed by atoms with E-state index in [1.165, 1.54) is 18.2 Å². The van der Waals surface area contributed by atoms with Crippen LogP contribution < -0.4 is 0 Å². The van der Waals surface area contributed by atoms with E-state index in [9.17, 15) is 9.18 Å². The van der Waals surface area contributed by atoms with Gasteiger partial charge < -0.3 is 0 Å². The number of halogens is 1. The first-order chi connectivity index (χ1) is 8.65. The van der Waals surface area contributed by atoms with Crippen LogP contribution in [0.25, 0.3) is 0 Å². The van der Waals surface area contributed by atoms with Crippen LogP contribution in [0.2, 0.25) is 0 Å². The number of benzene rings is 2. The van der Waals surface area contributed by atoms with Gasteiger partial charge in [0, 0.05) is 11.1 Å². The average Bonchev–Trinajstić information content (AvgIpc) is 2.38. The third-order valence-electron chi connectivity index (χ3n) is 2.46. The van der Waals surface area contributed by atoms with Crippen molar-refractivity contribution in [3.05, 3.63) is 71.0 Å². The lowest BCUT2D eigenvalue weighted by Gasteiger charge is -1.94. The van der Waals surface area contributed by atoms with Gasteiger partial charge in [0.25, 0.3) is 0 Å². The van der Waals surface area contributed by atoms with Crippen LogP contribution in [-0.2, 0) is 0 Å². The number of carbonyl (C=O) groups is 1. The topological polar surface area (TPSA) is 17.1 Å². The van der Waals surface area contributed by atoms with Gasteiger partial charge in [-0.3, -0.25) is 4.79 Å². The highest BCUT2D eigenvalue weighted by Gasteiger charge is 2.02. The molecule has 0 fully saturated rings. The van der Waals surface area contributed by atoms with Gasteiger partial charge in [-0.15, -0.1) is 0 Å². The zero-order chi connectivity index (χ0) is 13.0. The normalized spacial score (nSPS) is 9.44. The molecular weight excluding hydrogens is 227 g/mol. The van der Waals surface area contributed by atoms with Crippen LogP contribution in [0.3, 0.4) is 0 Å². The Bertz CT molecular complexity index is 630. The van der Waals surface area contributed by atoms with Crippen molar-refractivity contribution in [2.75, 3.05) is 0 Å². The molecule has 0 saturated heterocycles. The van der Waals surface area contributed by atoms with Gasteiger partial charge in [0.1, 0.15) is 5.82 Å². The summed E-state index contributed by atoms with van der Waals surface area (Å²) in [7, 11) is 0. The molecule has 0 atom stereocenters. The number of ketones is 1. The van der Waals surface area contributed by atoms with Gasteiger partial charge in [-0.05, 0) is 37.1 Å². The summed E-state index contributed by atoms with van der Waals surface area (Å²) >= 11 is 0. The molecule has 0 unspecified atom stereocenters. The van der Waals surface area contributed by atoms with Crippen molar-refractivity contribution in [3.8, 4) is 11.8 Å². The van der Waals surface area contributed by atoms with E-state index in [1.807, 2.05) is 31.2 Å². The van der Waals surface area contributed by atoms with E-state index < -0.39 is 5.82 Å². The molecule has 0 aliphatic carbocycles. The zero-order valence-electron chi connectivity index (χ0n) is 9.91. The minimum atomic E-state index is -0.432. The molecule has 2 aromatic rings. The Hall–Kier alpha value is -2.40. The Morgan fingerprint density at radius 2 is 1.83 bits per heavy atom. The molecular formula is C16H11FO. The molecule has 0 aromatic heterocycles. The molecule has 0 spiro atoms. The van der Waals surface area contributed by atoms with Gasteiger partial charge in [0.2, 0.25) is 5.78 Å². The monoisotopic (exact) mass is 238 g/mol. The van der Waals surface area contributed by atoms with E-state index in [1.54, 1.807) is 6.07 Å². The van der Waals surface area contributed by atoms with E-state index >= 15 is 0 Å². The SMILES string of the molecule is Cc1ccc(C#CC(=O)c2cccc(F)c2)cc1. The number of carbonyl (C=O) groups excluding carboxylic acids is 1. The van der Waals surface area contributed by atoms with Crippen molar-refractivity contribution < 1.29 is 9.18 Å². The Labute approximate surface area is 105 Å². The largest absolute Gasteiger partial charge is 0.279 e. The number of Topliss-reactive ketones (excluding diaryl/α,β-unsaturated/α-hetero) is 1. The lowest BCUT2D eigenvalue weighted by atomic mass is 10.1. The fourth-order valence-electron chi connectivity index (χ4n) is 1.47. The summed E-state index contributed by atoms with van der Waals surface area (Å²) in [6.07, 6.45) is 0. The van der Waals surface area contributed by atoms with Crippen LogP contribution in [0.4, 0.5) is 4.39 Å². The Balaban J connectivity index is 2.20. The summed E-state index contributed by atoms with van der Waals surface area (Å²) in [4.78, 5) is 11.7. The first kappa shape index (κ1) is 12.1. The number of hydrogen-bond acceptors (Lipinski definition) is 1. The van der Waals surface area contributed by atoms with Gasteiger partial charge in [0.15, 0.2) is 0 Å². The van der Waals surface area contributed by atoms with E-state index in [2.05, 4.69) is 11.8 Å². The lowest BCUT2D eigenvalue weighted by molar-refractivity contribution is 0.105. The number of aryl methyl sites for hydroxylation is 1. The average molecular weight is 238 g/mol. The van der Waals surface area contributed by atoms with Crippen molar-refractivity contribution in [2.24, 2.45) is 0 Å². The molecule has 0 aliphatic rings. The molecule has 18 heavy (non-hydrogen) atoms. The maximum absolute atomic E-state index is 12.9. The van der Waals surface area contributed by atoms with Gasteiger partial charge >= 0.3 is 0 Å².